The van der Waals surface area contributed by atoms with E-state index in [1.165, 1.54) is 12.1 Å². The molecule has 0 radical (unpaired) electrons. The average Bonchev–Trinajstić information content (AvgIpc) is 2.99. The van der Waals surface area contributed by atoms with E-state index in [4.69, 9.17) is 9.47 Å². The normalized spacial score (nSPS) is 18.4. The number of hydrogen-bond acceptors (Lipinski definition) is 5. The van der Waals surface area contributed by atoms with Gasteiger partial charge in [0.05, 0.1) is 11.5 Å². The molecule has 140 valence electrons. The Balaban J connectivity index is 2.13. The lowest BCUT2D eigenvalue weighted by molar-refractivity contribution is -0.137. The van der Waals surface area contributed by atoms with E-state index in [-0.39, 0.29) is 28.5 Å². The largest absolute Gasteiger partial charge is 0.483 e. The Bertz CT molecular complexity index is 995. The second kappa shape index (κ2) is 7.75. The summed E-state index contributed by atoms with van der Waals surface area (Å²) in [6, 6.07) is 16.9. The lowest BCUT2D eigenvalue weighted by atomic mass is 10.0. The summed E-state index contributed by atoms with van der Waals surface area (Å²) in [5.41, 5.74) is 0.768. The Kier molecular flexibility index (Phi) is 5.41. The zero-order valence-corrected chi connectivity index (χ0v) is 15.8. The first kappa shape index (κ1) is 18.8. The van der Waals surface area contributed by atoms with Gasteiger partial charge in [-0.1, -0.05) is 48.5 Å². The number of nitrogens with zero attached hydrogens (tertiary/aromatic N) is 1. The topological polar surface area (TPSA) is 82.0 Å². The van der Waals surface area contributed by atoms with Crippen LogP contribution in [0.25, 0.3) is 0 Å². The highest BCUT2D eigenvalue weighted by Gasteiger charge is 2.38. The monoisotopic (exact) mass is 385 g/mol. The van der Waals surface area contributed by atoms with Crippen LogP contribution in [0, 0.1) is 0 Å². The Hall–Kier alpha value is -2.93. The van der Waals surface area contributed by atoms with Crippen molar-refractivity contribution in [1.82, 2.24) is 0 Å². The van der Waals surface area contributed by atoms with Crippen LogP contribution in [0.2, 0.25) is 0 Å². The number of allylic oxidation sites excluding steroid dienone is 1. The van der Waals surface area contributed by atoms with Crippen molar-refractivity contribution in [2.45, 2.75) is 24.8 Å². The van der Waals surface area contributed by atoms with Gasteiger partial charge in [0.25, 0.3) is 10.0 Å². The number of carbonyl (C=O) groups is 1. The van der Waals surface area contributed by atoms with Crippen molar-refractivity contribution in [1.29, 1.82) is 0 Å². The molecular weight excluding hydrogens is 366 g/mol. The van der Waals surface area contributed by atoms with E-state index in [9.17, 15) is 13.2 Å². The highest BCUT2D eigenvalue weighted by atomic mass is 32.2. The third-order valence-electron chi connectivity index (χ3n) is 3.99. The maximum absolute atomic E-state index is 12.8. The smallest absolute Gasteiger partial charge is 0.343 e. The van der Waals surface area contributed by atoms with Gasteiger partial charge in [-0.3, -0.25) is 0 Å². The first-order chi connectivity index (χ1) is 12.9. The van der Waals surface area contributed by atoms with E-state index in [1.807, 2.05) is 6.07 Å². The molecule has 0 saturated heterocycles. The number of esters is 1. The third kappa shape index (κ3) is 3.93. The second-order valence-corrected chi connectivity index (χ2v) is 7.43. The molecular formula is C20H19NO5S. The van der Waals surface area contributed by atoms with Gasteiger partial charge in [0.2, 0.25) is 0 Å². The molecule has 1 aliphatic heterocycles. The summed E-state index contributed by atoms with van der Waals surface area (Å²) in [4.78, 5) is 12.5. The van der Waals surface area contributed by atoms with Gasteiger partial charge in [-0.2, -0.15) is 12.8 Å². The standard InChI is InChI=1S/C20H19NO5S/c1-3-25-20(22)17-14(2)26-19(15-10-6-4-7-11-15)18(17)21-27(23,24)16-12-8-5-9-13-16/h4-13,19H,3H2,1-2H3/b21-18+. The lowest BCUT2D eigenvalue weighted by Crippen LogP contribution is -2.19. The Morgan fingerprint density at radius 3 is 2.26 bits per heavy atom. The minimum Gasteiger partial charge on any atom is -0.483 e. The van der Waals surface area contributed by atoms with Crippen molar-refractivity contribution in [3.63, 3.8) is 0 Å². The second-order valence-electron chi connectivity index (χ2n) is 5.82. The summed E-state index contributed by atoms with van der Waals surface area (Å²) in [5.74, 6) is -0.375. The summed E-state index contributed by atoms with van der Waals surface area (Å²) in [6.45, 7) is 3.43. The van der Waals surface area contributed by atoms with Crippen molar-refractivity contribution in [3.05, 3.63) is 77.6 Å². The van der Waals surface area contributed by atoms with Gasteiger partial charge >= 0.3 is 5.97 Å². The molecule has 0 fully saturated rings. The maximum atomic E-state index is 12.8. The van der Waals surface area contributed by atoms with Gasteiger partial charge in [0, 0.05) is 0 Å². The van der Waals surface area contributed by atoms with Crippen molar-refractivity contribution in [2.75, 3.05) is 6.61 Å². The number of rotatable bonds is 5. The highest BCUT2D eigenvalue weighted by molar-refractivity contribution is 7.90. The zero-order chi connectivity index (χ0) is 19.4. The van der Waals surface area contributed by atoms with Crippen molar-refractivity contribution in [2.24, 2.45) is 4.40 Å². The lowest BCUT2D eigenvalue weighted by Gasteiger charge is -2.13. The van der Waals surface area contributed by atoms with Crippen LogP contribution >= 0.6 is 0 Å². The first-order valence-corrected chi connectivity index (χ1v) is 9.88. The minimum absolute atomic E-state index is 0.0287. The molecule has 0 spiro atoms. The van der Waals surface area contributed by atoms with Gasteiger partial charge in [0.1, 0.15) is 17.0 Å². The van der Waals surface area contributed by atoms with Crippen molar-refractivity contribution >= 4 is 21.7 Å². The fraction of sp³-hybridized carbons (Fsp3) is 0.200. The van der Waals surface area contributed by atoms with Crippen LogP contribution < -0.4 is 0 Å². The van der Waals surface area contributed by atoms with E-state index in [2.05, 4.69) is 4.40 Å². The van der Waals surface area contributed by atoms with Gasteiger partial charge in [-0.15, -0.1) is 0 Å². The number of carbonyl (C=O) groups excluding carboxylic acids is 1. The molecule has 0 N–H and O–H groups in total. The molecule has 2 aromatic carbocycles. The third-order valence-corrected chi connectivity index (χ3v) is 5.30. The van der Waals surface area contributed by atoms with Crippen LogP contribution in [0.1, 0.15) is 25.5 Å². The summed E-state index contributed by atoms with van der Waals surface area (Å²) >= 11 is 0. The molecule has 0 bridgehead atoms. The van der Waals surface area contributed by atoms with E-state index in [0.29, 0.717) is 5.56 Å². The molecule has 1 heterocycles. The summed E-state index contributed by atoms with van der Waals surface area (Å²) in [5, 5.41) is 0. The Morgan fingerprint density at radius 1 is 1.07 bits per heavy atom. The quantitative estimate of drug-likeness (QED) is 0.737. The number of benzene rings is 2. The van der Waals surface area contributed by atoms with Crippen LogP contribution in [-0.2, 0) is 24.3 Å². The SMILES string of the molecule is CCOC(=O)C1=C(C)OC(c2ccccc2)/C1=N/S(=O)(=O)c1ccccc1. The zero-order valence-electron chi connectivity index (χ0n) is 15.0. The van der Waals surface area contributed by atoms with Crippen LogP contribution in [0.3, 0.4) is 0 Å². The summed E-state index contributed by atoms with van der Waals surface area (Å²) in [6.07, 6.45) is -0.802. The molecule has 6 nitrogen and oxygen atoms in total. The van der Waals surface area contributed by atoms with Crippen molar-refractivity contribution in [3.8, 4) is 0 Å². The summed E-state index contributed by atoms with van der Waals surface area (Å²) in [7, 11) is -4.02. The van der Waals surface area contributed by atoms with Crippen LogP contribution in [-0.4, -0.2) is 26.7 Å². The molecule has 0 saturated carbocycles. The minimum atomic E-state index is -4.02. The van der Waals surface area contributed by atoms with Crippen LogP contribution in [0.15, 0.2) is 81.3 Å². The molecule has 0 amide bonds. The molecule has 0 aromatic heterocycles. The molecule has 7 heteroatoms. The van der Waals surface area contributed by atoms with Gasteiger partial charge < -0.3 is 9.47 Å². The molecule has 1 aliphatic rings. The van der Waals surface area contributed by atoms with E-state index in [0.717, 1.165) is 0 Å². The Morgan fingerprint density at radius 2 is 1.67 bits per heavy atom. The maximum Gasteiger partial charge on any atom is 0.343 e. The summed E-state index contributed by atoms with van der Waals surface area (Å²) < 4.78 is 40.4. The molecule has 1 unspecified atom stereocenters. The molecule has 27 heavy (non-hydrogen) atoms. The van der Waals surface area contributed by atoms with E-state index in [1.54, 1.807) is 56.3 Å². The van der Waals surface area contributed by atoms with E-state index >= 15 is 0 Å². The Labute approximate surface area is 158 Å². The van der Waals surface area contributed by atoms with E-state index < -0.39 is 22.1 Å². The first-order valence-electron chi connectivity index (χ1n) is 8.44. The van der Waals surface area contributed by atoms with Gasteiger partial charge in [-0.25, -0.2) is 4.79 Å². The fourth-order valence-corrected chi connectivity index (χ4v) is 3.83. The predicted molar refractivity (Wildman–Crippen MR) is 101 cm³/mol. The number of ether oxygens (including phenoxy) is 2. The predicted octanol–water partition coefficient (Wildman–Crippen LogP) is 3.42. The highest BCUT2D eigenvalue weighted by Crippen LogP contribution is 2.35. The molecule has 1 atom stereocenters. The van der Waals surface area contributed by atoms with Crippen LogP contribution in [0.5, 0.6) is 0 Å². The number of hydrogen-bond donors (Lipinski definition) is 0. The van der Waals surface area contributed by atoms with Gasteiger partial charge in [0.15, 0.2) is 6.10 Å². The average molecular weight is 385 g/mol. The van der Waals surface area contributed by atoms with Crippen LogP contribution in [0.4, 0.5) is 0 Å². The van der Waals surface area contributed by atoms with Crippen molar-refractivity contribution < 1.29 is 22.7 Å². The number of sulfonamides is 1. The van der Waals surface area contributed by atoms with Gasteiger partial charge in [-0.05, 0) is 31.5 Å². The molecule has 2 aromatic rings. The molecule has 0 aliphatic carbocycles. The fourth-order valence-electron chi connectivity index (χ4n) is 2.78. The molecule has 3 rings (SSSR count).